The summed E-state index contributed by atoms with van der Waals surface area (Å²) in [5.41, 5.74) is 2.43. The van der Waals surface area contributed by atoms with E-state index in [4.69, 9.17) is 0 Å². The third-order valence-corrected chi connectivity index (χ3v) is 2.79. The second-order valence-electron chi connectivity index (χ2n) is 3.77. The molecule has 0 amide bonds. The van der Waals surface area contributed by atoms with Crippen LogP contribution in [0.2, 0.25) is 0 Å². The monoisotopic (exact) mass is 238 g/mol. The lowest BCUT2D eigenvalue weighted by molar-refractivity contribution is 0.841. The van der Waals surface area contributed by atoms with Gasteiger partial charge in [-0.15, -0.1) is 10.2 Å². The minimum atomic E-state index is 0.594. The van der Waals surface area contributed by atoms with E-state index in [-0.39, 0.29) is 0 Å². The summed E-state index contributed by atoms with van der Waals surface area (Å²) in [4.78, 5) is 0. The zero-order valence-corrected chi connectivity index (χ0v) is 9.02. The number of H-pyrrole nitrogens is 1. The Bertz CT molecular complexity index is 831. The maximum Gasteiger partial charge on any atom is 0.180 e. The SMILES string of the molecule is c1ccc2c(c1)c(-c1nnn[nH]1)cc1nnnn12. The van der Waals surface area contributed by atoms with Gasteiger partial charge in [-0.1, -0.05) is 18.2 Å². The summed E-state index contributed by atoms with van der Waals surface area (Å²) in [7, 11) is 0. The normalized spacial score (nSPS) is 11.3. The minimum absolute atomic E-state index is 0.594. The zero-order chi connectivity index (χ0) is 11.9. The molecule has 0 aliphatic heterocycles. The minimum Gasteiger partial charge on any atom is -0.239 e. The van der Waals surface area contributed by atoms with E-state index >= 15 is 0 Å². The highest BCUT2D eigenvalue weighted by Crippen LogP contribution is 2.26. The number of hydrogen-bond acceptors (Lipinski definition) is 6. The molecule has 86 valence electrons. The molecule has 4 aromatic rings. The van der Waals surface area contributed by atoms with Crippen molar-refractivity contribution in [2.75, 3.05) is 0 Å². The van der Waals surface area contributed by atoms with Gasteiger partial charge in [-0.25, -0.2) is 5.10 Å². The quantitative estimate of drug-likeness (QED) is 0.517. The van der Waals surface area contributed by atoms with Crippen molar-refractivity contribution in [2.24, 2.45) is 0 Å². The van der Waals surface area contributed by atoms with Crippen molar-refractivity contribution in [3.63, 3.8) is 0 Å². The molecule has 8 nitrogen and oxygen atoms in total. The Morgan fingerprint density at radius 2 is 2.00 bits per heavy atom. The molecule has 1 N–H and O–H groups in total. The number of aromatic nitrogens is 8. The number of benzene rings is 1. The second kappa shape index (κ2) is 3.29. The van der Waals surface area contributed by atoms with E-state index < -0.39 is 0 Å². The van der Waals surface area contributed by atoms with E-state index in [9.17, 15) is 0 Å². The van der Waals surface area contributed by atoms with Gasteiger partial charge in [0.25, 0.3) is 0 Å². The first kappa shape index (κ1) is 9.16. The predicted octanol–water partition coefficient (Wildman–Crippen LogP) is 0.458. The fourth-order valence-electron chi connectivity index (χ4n) is 2.02. The molecule has 8 heteroatoms. The van der Waals surface area contributed by atoms with Gasteiger partial charge < -0.3 is 0 Å². The molecule has 0 atom stereocenters. The lowest BCUT2D eigenvalue weighted by atomic mass is 10.1. The molecule has 0 aliphatic carbocycles. The van der Waals surface area contributed by atoms with E-state index in [1.807, 2.05) is 30.3 Å². The molecule has 0 radical (unpaired) electrons. The van der Waals surface area contributed by atoms with Gasteiger partial charge in [-0.3, -0.25) is 0 Å². The molecule has 4 rings (SSSR count). The van der Waals surface area contributed by atoms with Crippen molar-refractivity contribution >= 4 is 16.6 Å². The predicted molar refractivity (Wildman–Crippen MR) is 61.5 cm³/mol. The molecule has 18 heavy (non-hydrogen) atoms. The van der Waals surface area contributed by atoms with Gasteiger partial charge in [0.2, 0.25) is 0 Å². The lowest BCUT2D eigenvalue weighted by Gasteiger charge is -2.04. The maximum atomic E-state index is 3.96. The zero-order valence-electron chi connectivity index (χ0n) is 9.02. The van der Waals surface area contributed by atoms with Gasteiger partial charge in [-0.2, -0.15) is 4.52 Å². The standard InChI is InChI=1S/C10H6N8/c1-2-4-8-6(3-1)7(10-12-14-15-13-10)5-9-11-16-17-18(8)9/h1-5H,(H,12,13,14,15). The topological polar surface area (TPSA) is 97.5 Å². The van der Waals surface area contributed by atoms with Crippen molar-refractivity contribution < 1.29 is 0 Å². The molecule has 0 spiro atoms. The molecule has 1 aromatic carbocycles. The molecule has 0 unspecified atom stereocenters. The second-order valence-corrected chi connectivity index (χ2v) is 3.77. The molecular weight excluding hydrogens is 232 g/mol. The van der Waals surface area contributed by atoms with E-state index in [1.165, 1.54) is 0 Å². The van der Waals surface area contributed by atoms with Gasteiger partial charge in [0, 0.05) is 10.9 Å². The van der Waals surface area contributed by atoms with Crippen molar-refractivity contribution in [2.45, 2.75) is 0 Å². The van der Waals surface area contributed by atoms with Gasteiger partial charge >= 0.3 is 0 Å². The van der Waals surface area contributed by atoms with Crippen molar-refractivity contribution in [3.8, 4) is 11.4 Å². The summed E-state index contributed by atoms with van der Waals surface area (Å²) in [6, 6.07) is 9.67. The van der Waals surface area contributed by atoms with Crippen molar-refractivity contribution in [3.05, 3.63) is 30.3 Å². The van der Waals surface area contributed by atoms with E-state index in [0.29, 0.717) is 11.5 Å². The van der Waals surface area contributed by atoms with Crippen LogP contribution in [0.25, 0.3) is 27.9 Å². The van der Waals surface area contributed by atoms with E-state index in [2.05, 4.69) is 36.1 Å². The third-order valence-electron chi connectivity index (χ3n) is 2.79. The summed E-state index contributed by atoms with van der Waals surface area (Å²) in [5, 5.41) is 26.5. The summed E-state index contributed by atoms with van der Waals surface area (Å²) in [6.07, 6.45) is 0. The summed E-state index contributed by atoms with van der Waals surface area (Å²) >= 11 is 0. The van der Waals surface area contributed by atoms with Gasteiger partial charge in [0.15, 0.2) is 11.5 Å². The summed E-state index contributed by atoms with van der Waals surface area (Å²) < 4.78 is 1.68. The molecule has 0 fully saturated rings. The van der Waals surface area contributed by atoms with Crippen LogP contribution in [0, 0.1) is 0 Å². The first-order valence-electron chi connectivity index (χ1n) is 5.27. The van der Waals surface area contributed by atoms with Crippen LogP contribution < -0.4 is 0 Å². The average molecular weight is 238 g/mol. The van der Waals surface area contributed by atoms with Crippen LogP contribution in [0.5, 0.6) is 0 Å². The Labute approximate surface area is 99.6 Å². The summed E-state index contributed by atoms with van der Waals surface area (Å²) in [6.45, 7) is 0. The highest BCUT2D eigenvalue weighted by Gasteiger charge is 2.12. The smallest absolute Gasteiger partial charge is 0.180 e. The van der Waals surface area contributed by atoms with Crippen LogP contribution in [0.15, 0.2) is 30.3 Å². The Morgan fingerprint density at radius 3 is 2.89 bits per heavy atom. The molecule has 0 aliphatic rings. The van der Waals surface area contributed by atoms with Crippen LogP contribution in [-0.4, -0.2) is 40.7 Å². The van der Waals surface area contributed by atoms with Crippen LogP contribution in [0.4, 0.5) is 0 Å². The van der Waals surface area contributed by atoms with Crippen LogP contribution in [0.1, 0.15) is 0 Å². The molecule has 0 saturated heterocycles. The Hall–Kier alpha value is -2.90. The fraction of sp³-hybridized carbons (Fsp3) is 0. The van der Waals surface area contributed by atoms with Gasteiger partial charge in [-0.05, 0) is 33.0 Å². The molecule has 3 heterocycles. The number of para-hydroxylation sites is 1. The first-order chi connectivity index (χ1) is 8.93. The Morgan fingerprint density at radius 1 is 1.06 bits per heavy atom. The molecule has 0 saturated carbocycles. The van der Waals surface area contributed by atoms with Gasteiger partial charge in [0.05, 0.1) is 5.52 Å². The highest BCUT2D eigenvalue weighted by atomic mass is 15.5. The first-order valence-corrected chi connectivity index (χ1v) is 5.27. The van der Waals surface area contributed by atoms with Gasteiger partial charge in [0.1, 0.15) is 0 Å². The molecule has 3 aromatic heterocycles. The lowest BCUT2D eigenvalue weighted by Crippen LogP contribution is -1.94. The average Bonchev–Trinajstić information content (AvgIpc) is 3.09. The molecular formula is C10H6N8. The largest absolute Gasteiger partial charge is 0.239 e. The van der Waals surface area contributed by atoms with Crippen LogP contribution in [0.3, 0.4) is 0 Å². The highest BCUT2D eigenvalue weighted by molar-refractivity contribution is 5.94. The van der Waals surface area contributed by atoms with Crippen LogP contribution >= 0.6 is 0 Å². The van der Waals surface area contributed by atoms with Crippen molar-refractivity contribution in [1.29, 1.82) is 0 Å². The number of nitrogens with one attached hydrogen (secondary N) is 1. The third kappa shape index (κ3) is 1.14. The fourth-order valence-corrected chi connectivity index (χ4v) is 2.02. The molecule has 0 bridgehead atoms. The maximum absolute atomic E-state index is 3.96. The number of nitrogens with zero attached hydrogens (tertiary/aromatic N) is 7. The van der Waals surface area contributed by atoms with E-state index in [0.717, 1.165) is 16.5 Å². The Balaban J connectivity index is 2.23. The number of pyridine rings is 1. The summed E-state index contributed by atoms with van der Waals surface area (Å²) in [5.74, 6) is 0.594. The number of hydrogen-bond donors (Lipinski definition) is 1. The number of tetrazole rings is 2. The number of aromatic amines is 1. The number of fused-ring (bicyclic) bond motifs is 3. The van der Waals surface area contributed by atoms with Crippen LogP contribution in [-0.2, 0) is 0 Å². The Kier molecular flexibility index (Phi) is 1.68. The number of rotatable bonds is 1. The van der Waals surface area contributed by atoms with E-state index in [1.54, 1.807) is 4.52 Å². The van der Waals surface area contributed by atoms with Crippen molar-refractivity contribution in [1.82, 2.24) is 40.7 Å².